The number of carbonyl (C=O) groups excluding carboxylic acids is 2. The number of hydrogen-bond donors (Lipinski definition) is 1. The molecule has 25 heavy (non-hydrogen) atoms. The molecule has 1 saturated heterocycles. The molecule has 1 N–H and O–H groups in total. The quantitative estimate of drug-likeness (QED) is 0.806. The number of likely N-dealkylation sites (N-methyl/N-ethyl adjacent to an activating group) is 1. The molecule has 138 valence electrons. The SMILES string of the molecule is CNC1CCCN(C(=O)CCC(=O)c2ccc3c(c2)OCCO3)C1.Cl. The molecule has 1 aromatic rings. The lowest BCUT2D eigenvalue weighted by molar-refractivity contribution is -0.132. The number of nitrogens with one attached hydrogen (secondary N) is 1. The maximum absolute atomic E-state index is 12.4. The van der Waals surface area contributed by atoms with Gasteiger partial charge in [0.1, 0.15) is 13.2 Å². The predicted molar refractivity (Wildman–Crippen MR) is 96.9 cm³/mol. The number of ether oxygens (including phenoxy) is 2. The molecule has 2 aliphatic rings. The lowest BCUT2D eigenvalue weighted by Crippen LogP contribution is -2.47. The first-order valence-corrected chi connectivity index (χ1v) is 8.55. The Morgan fingerprint density at radius 1 is 1.20 bits per heavy atom. The Morgan fingerprint density at radius 3 is 2.72 bits per heavy atom. The fourth-order valence-electron chi connectivity index (χ4n) is 3.18. The molecular formula is C18H25ClN2O4. The number of amides is 1. The summed E-state index contributed by atoms with van der Waals surface area (Å²) in [7, 11) is 1.92. The van der Waals surface area contributed by atoms with Gasteiger partial charge in [-0.2, -0.15) is 0 Å². The van der Waals surface area contributed by atoms with E-state index < -0.39 is 0 Å². The third-order valence-electron chi connectivity index (χ3n) is 4.61. The molecule has 2 heterocycles. The van der Waals surface area contributed by atoms with Crippen molar-refractivity contribution in [3.05, 3.63) is 23.8 Å². The minimum absolute atomic E-state index is 0. The van der Waals surface area contributed by atoms with Gasteiger partial charge in [0, 0.05) is 37.5 Å². The van der Waals surface area contributed by atoms with E-state index >= 15 is 0 Å². The number of benzene rings is 1. The highest BCUT2D eigenvalue weighted by molar-refractivity contribution is 5.98. The number of hydrogen-bond acceptors (Lipinski definition) is 5. The summed E-state index contributed by atoms with van der Waals surface area (Å²) in [6.07, 6.45) is 2.58. The molecule has 0 aliphatic carbocycles. The Hall–Kier alpha value is -1.79. The number of carbonyl (C=O) groups is 2. The van der Waals surface area contributed by atoms with Gasteiger partial charge in [0.15, 0.2) is 17.3 Å². The number of fused-ring (bicyclic) bond motifs is 1. The fraction of sp³-hybridized carbons (Fsp3) is 0.556. The van der Waals surface area contributed by atoms with Crippen LogP contribution in [0.4, 0.5) is 0 Å². The van der Waals surface area contributed by atoms with Crippen molar-refractivity contribution in [2.45, 2.75) is 31.7 Å². The van der Waals surface area contributed by atoms with Gasteiger partial charge < -0.3 is 19.7 Å². The zero-order valence-corrected chi connectivity index (χ0v) is 15.3. The number of ketones is 1. The van der Waals surface area contributed by atoms with Crippen LogP contribution in [-0.4, -0.2) is 56.0 Å². The Bertz CT molecular complexity index is 623. The average Bonchev–Trinajstić information content (AvgIpc) is 2.65. The Balaban J connectivity index is 0.00000225. The molecule has 0 bridgehead atoms. The zero-order chi connectivity index (χ0) is 16.9. The Kier molecular flexibility index (Phi) is 7.08. The van der Waals surface area contributed by atoms with Crippen molar-refractivity contribution in [1.29, 1.82) is 0 Å². The molecule has 6 nitrogen and oxygen atoms in total. The largest absolute Gasteiger partial charge is 0.486 e. The van der Waals surface area contributed by atoms with Crippen molar-refractivity contribution in [1.82, 2.24) is 10.2 Å². The number of rotatable bonds is 5. The highest BCUT2D eigenvalue weighted by atomic mass is 35.5. The molecule has 1 unspecified atom stereocenters. The van der Waals surface area contributed by atoms with Gasteiger partial charge in [0.05, 0.1) is 0 Å². The molecule has 0 radical (unpaired) electrons. The Labute approximate surface area is 154 Å². The highest BCUT2D eigenvalue weighted by Crippen LogP contribution is 2.31. The molecule has 3 rings (SSSR count). The van der Waals surface area contributed by atoms with Crippen molar-refractivity contribution in [2.24, 2.45) is 0 Å². The molecule has 1 atom stereocenters. The third-order valence-corrected chi connectivity index (χ3v) is 4.61. The number of Topliss-reactive ketones (excluding diaryl/α,β-unsaturated/α-hetero) is 1. The predicted octanol–water partition coefficient (Wildman–Crippen LogP) is 2.05. The summed E-state index contributed by atoms with van der Waals surface area (Å²) < 4.78 is 11.0. The summed E-state index contributed by atoms with van der Waals surface area (Å²) in [4.78, 5) is 26.6. The van der Waals surface area contributed by atoms with Crippen LogP contribution in [0.3, 0.4) is 0 Å². The van der Waals surface area contributed by atoms with Gasteiger partial charge in [-0.3, -0.25) is 9.59 Å². The van der Waals surface area contributed by atoms with E-state index in [0.29, 0.717) is 36.3 Å². The van der Waals surface area contributed by atoms with Gasteiger partial charge in [0.2, 0.25) is 5.91 Å². The summed E-state index contributed by atoms with van der Waals surface area (Å²) in [5.74, 6) is 1.29. The third kappa shape index (κ3) is 4.86. The molecular weight excluding hydrogens is 344 g/mol. The van der Waals surface area contributed by atoms with Gasteiger partial charge >= 0.3 is 0 Å². The highest BCUT2D eigenvalue weighted by Gasteiger charge is 2.23. The molecule has 7 heteroatoms. The molecule has 1 fully saturated rings. The summed E-state index contributed by atoms with van der Waals surface area (Å²) in [6.45, 7) is 2.53. The molecule has 0 aromatic heterocycles. The number of likely N-dealkylation sites (tertiary alicyclic amines) is 1. The maximum Gasteiger partial charge on any atom is 0.223 e. The second kappa shape index (κ2) is 9.06. The second-order valence-corrected chi connectivity index (χ2v) is 6.25. The molecule has 0 saturated carbocycles. The normalized spacial score (nSPS) is 19.1. The summed E-state index contributed by atoms with van der Waals surface area (Å²) in [5.41, 5.74) is 0.568. The average molecular weight is 369 g/mol. The van der Waals surface area contributed by atoms with Crippen molar-refractivity contribution in [3.63, 3.8) is 0 Å². The van der Waals surface area contributed by atoms with Gasteiger partial charge in [-0.15, -0.1) is 12.4 Å². The molecule has 2 aliphatic heterocycles. The van der Waals surface area contributed by atoms with Crippen LogP contribution < -0.4 is 14.8 Å². The van der Waals surface area contributed by atoms with Crippen LogP contribution >= 0.6 is 12.4 Å². The fourth-order valence-corrected chi connectivity index (χ4v) is 3.18. The minimum atomic E-state index is -0.0394. The maximum atomic E-state index is 12.4. The first-order valence-electron chi connectivity index (χ1n) is 8.55. The van der Waals surface area contributed by atoms with Crippen LogP contribution in [0.5, 0.6) is 11.5 Å². The lowest BCUT2D eigenvalue weighted by atomic mass is 10.0. The van der Waals surface area contributed by atoms with E-state index in [-0.39, 0.29) is 36.9 Å². The first kappa shape index (κ1) is 19.5. The number of piperidine rings is 1. The van der Waals surface area contributed by atoms with Gasteiger partial charge in [-0.25, -0.2) is 0 Å². The van der Waals surface area contributed by atoms with E-state index in [0.717, 1.165) is 25.9 Å². The van der Waals surface area contributed by atoms with Crippen LogP contribution in [0.2, 0.25) is 0 Å². The topological polar surface area (TPSA) is 67.9 Å². The van der Waals surface area contributed by atoms with Crippen LogP contribution in [0, 0.1) is 0 Å². The zero-order valence-electron chi connectivity index (χ0n) is 14.5. The van der Waals surface area contributed by atoms with Gasteiger partial charge in [-0.05, 0) is 38.1 Å². The van der Waals surface area contributed by atoms with Crippen LogP contribution in [-0.2, 0) is 4.79 Å². The van der Waals surface area contributed by atoms with Crippen molar-refractivity contribution < 1.29 is 19.1 Å². The van der Waals surface area contributed by atoms with E-state index in [1.165, 1.54) is 0 Å². The number of halogens is 1. The molecule has 0 spiro atoms. The van der Waals surface area contributed by atoms with Crippen LogP contribution in [0.25, 0.3) is 0 Å². The summed E-state index contributed by atoms with van der Waals surface area (Å²) >= 11 is 0. The molecule has 1 aromatic carbocycles. The van der Waals surface area contributed by atoms with E-state index in [1.807, 2.05) is 11.9 Å². The van der Waals surface area contributed by atoms with Crippen LogP contribution in [0.1, 0.15) is 36.0 Å². The van der Waals surface area contributed by atoms with E-state index in [9.17, 15) is 9.59 Å². The summed E-state index contributed by atoms with van der Waals surface area (Å²) in [5, 5.41) is 3.22. The second-order valence-electron chi connectivity index (χ2n) is 6.25. The van der Waals surface area contributed by atoms with Crippen molar-refractivity contribution in [3.8, 4) is 11.5 Å². The number of nitrogens with zero attached hydrogens (tertiary/aromatic N) is 1. The lowest BCUT2D eigenvalue weighted by Gasteiger charge is -2.32. The van der Waals surface area contributed by atoms with Gasteiger partial charge in [0.25, 0.3) is 0 Å². The standard InChI is InChI=1S/C18H24N2O4.ClH/c1-19-14-3-2-8-20(12-14)18(22)7-5-15(21)13-4-6-16-17(11-13)24-10-9-23-16;/h4,6,11,14,19H,2-3,5,7-10,12H2,1H3;1H. The van der Waals surface area contributed by atoms with Crippen molar-refractivity contribution >= 4 is 24.1 Å². The smallest absolute Gasteiger partial charge is 0.223 e. The van der Waals surface area contributed by atoms with E-state index in [4.69, 9.17) is 9.47 Å². The monoisotopic (exact) mass is 368 g/mol. The van der Waals surface area contributed by atoms with Gasteiger partial charge in [-0.1, -0.05) is 0 Å². The summed E-state index contributed by atoms with van der Waals surface area (Å²) in [6, 6.07) is 5.56. The van der Waals surface area contributed by atoms with E-state index in [2.05, 4.69) is 5.32 Å². The Morgan fingerprint density at radius 2 is 1.96 bits per heavy atom. The van der Waals surface area contributed by atoms with Crippen LogP contribution in [0.15, 0.2) is 18.2 Å². The van der Waals surface area contributed by atoms with E-state index in [1.54, 1.807) is 18.2 Å². The first-order chi connectivity index (χ1) is 11.7. The molecule has 1 amide bonds. The minimum Gasteiger partial charge on any atom is -0.486 e. The van der Waals surface area contributed by atoms with Crippen molar-refractivity contribution in [2.75, 3.05) is 33.4 Å².